The zero-order chi connectivity index (χ0) is 26.0. The molecule has 4 rings (SSSR count). The normalized spacial score (nSPS) is 15.7. The summed E-state index contributed by atoms with van der Waals surface area (Å²) in [7, 11) is -4.12. The predicted molar refractivity (Wildman–Crippen MR) is 151 cm³/mol. The quantitative estimate of drug-likeness (QED) is 0.239. The molecule has 0 spiro atoms. The van der Waals surface area contributed by atoms with Crippen molar-refractivity contribution in [2.75, 3.05) is 0 Å². The summed E-state index contributed by atoms with van der Waals surface area (Å²) >= 11 is 7.16. The fourth-order valence-corrected chi connectivity index (χ4v) is 8.41. The van der Waals surface area contributed by atoms with Crippen LogP contribution in [0.4, 0.5) is 0 Å². The Morgan fingerprint density at radius 1 is 0.806 bits per heavy atom. The van der Waals surface area contributed by atoms with E-state index in [0.29, 0.717) is 36.8 Å². The van der Waals surface area contributed by atoms with Crippen molar-refractivity contribution in [1.82, 2.24) is 0 Å². The molecule has 0 saturated carbocycles. The summed E-state index contributed by atoms with van der Waals surface area (Å²) in [4.78, 5) is 0.105. The summed E-state index contributed by atoms with van der Waals surface area (Å²) in [5, 5.41) is 21.6. The van der Waals surface area contributed by atoms with E-state index in [1.54, 1.807) is 38.1 Å². The molecule has 0 atom stereocenters. The van der Waals surface area contributed by atoms with E-state index >= 15 is 0 Å². The Labute approximate surface area is 252 Å². The van der Waals surface area contributed by atoms with Crippen molar-refractivity contribution in [2.45, 2.75) is 63.9 Å². The van der Waals surface area contributed by atoms with Gasteiger partial charge in [0.15, 0.2) is 5.60 Å². The molecule has 9 heteroatoms. The molecule has 0 aromatic heterocycles. The first-order chi connectivity index (χ1) is 16.3. The second-order valence-corrected chi connectivity index (χ2v) is 12.8. The summed E-state index contributed by atoms with van der Waals surface area (Å²) in [5.41, 5.74) is 2.88. The van der Waals surface area contributed by atoms with Gasteiger partial charge in [0.05, 0.1) is 8.95 Å². The van der Waals surface area contributed by atoms with Gasteiger partial charge in [-0.1, -0.05) is 45.9 Å². The van der Waals surface area contributed by atoms with E-state index in [1.807, 2.05) is 39.8 Å². The van der Waals surface area contributed by atoms with Crippen LogP contribution >= 0.6 is 31.9 Å². The number of halogens is 2. The van der Waals surface area contributed by atoms with E-state index in [-0.39, 0.29) is 57.8 Å². The Balaban J connectivity index is 0.00000361. The number of phenols is 2. The van der Waals surface area contributed by atoms with Gasteiger partial charge < -0.3 is 10.2 Å². The second kappa shape index (κ2) is 10.4. The summed E-state index contributed by atoms with van der Waals surface area (Å²) in [5.74, 6) is 0.0553. The standard InChI is InChI=1S/C27H28Br2O5S.Na.H/c1-13(2)21-18(11-15(5)25(30)23(21)28)27(17-9-7-8-10-20(17)35(32,33)34-27)19-12-16(6)26(31)24(29)22(19)14(3)4;;/h7-14,30-31H,1-6H3;;. The Hall–Kier alpha value is -0.870. The van der Waals surface area contributed by atoms with Gasteiger partial charge in [0.25, 0.3) is 10.1 Å². The van der Waals surface area contributed by atoms with Crippen molar-refractivity contribution in [1.29, 1.82) is 0 Å². The molecule has 0 fully saturated rings. The van der Waals surface area contributed by atoms with Crippen LogP contribution in [0.15, 0.2) is 50.2 Å². The van der Waals surface area contributed by atoms with Crippen molar-refractivity contribution in [3.05, 3.63) is 84.3 Å². The molecule has 0 bridgehead atoms. The van der Waals surface area contributed by atoms with Gasteiger partial charge in [0.2, 0.25) is 0 Å². The van der Waals surface area contributed by atoms with Crippen LogP contribution in [-0.2, 0) is 19.9 Å². The molecule has 1 aliphatic heterocycles. The van der Waals surface area contributed by atoms with E-state index in [4.69, 9.17) is 4.18 Å². The van der Waals surface area contributed by atoms with Crippen LogP contribution < -0.4 is 0 Å². The van der Waals surface area contributed by atoms with Gasteiger partial charge in [-0.3, -0.25) is 0 Å². The fraction of sp³-hybridized carbons (Fsp3) is 0.333. The number of phenolic OH excluding ortho intramolecular Hbond substituents is 2. The van der Waals surface area contributed by atoms with Gasteiger partial charge in [-0.15, -0.1) is 0 Å². The number of hydrogen-bond acceptors (Lipinski definition) is 5. The topological polar surface area (TPSA) is 83.8 Å². The van der Waals surface area contributed by atoms with Crippen LogP contribution in [0, 0.1) is 13.8 Å². The van der Waals surface area contributed by atoms with E-state index < -0.39 is 15.7 Å². The Kier molecular flexibility index (Phi) is 8.54. The maximum absolute atomic E-state index is 13.5. The molecular formula is C27H29Br2NaO5S. The third-order valence-electron chi connectivity index (χ3n) is 6.62. The van der Waals surface area contributed by atoms with Gasteiger partial charge in [0.1, 0.15) is 16.4 Å². The summed E-state index contributed by atoms with van der Waals surface area (Å²) in [6, 6.07) is 10.4. The van der Waals surface area contributed by atoms with Crippen molar-refractivity contribution in [2.24, 2.45) is 0 Å². The second-order valence-electron chi connectivity index (χ2n) is 9.66. The molecule has 0 amide bonds. The molecule has 36 heavy (non-hydrogen) atoms. The minimum atomic E-state index is -4.12. The van der Waals surface area contributed by atoms with Crippen LogP contribution in [0.25, 0.3) is 0 Å². The van der Waals surface area contributed by atoms with Crippen LogP contribution in [0.1, 0.15) is 78.5 Å². The molecule has 1 aliphatic rings. The Morgan fingerprint density at radius 3 is 1.64 bits per heavy atom. The number of fused-ring (bicyclic) bond motifs is 1. The zero-order valence-corrected chi connectivity index (χ0v) is 24.4. The Morgan fingerprint density at radius 2 is 1.22 bits per heavy atom. The van der Waals surface area contributed by atoms with Gasteiger partial charge in [-0.2, -0.15) is 8.42 Å². The molecule has 2 N–H and O–H groups in total. The average molecular weight is 648 g/mol. The van der Waals surface area contributed by atoms with Gasteiger partial charge in [0, 0.05) is 5.56 Å². The van der Waals surface area contributed by atoms with Crippen molar-refractivity contribution in [3.63, 3.8) is 0 Å². The first-order valence-electron chi connectivity index (χ1n) is 11.4. The van der Waals surface area contributed by atoms with Crippen molar-refractivity contribution < 1.29 is 22.8 Å². The number of benzene rings is 3. The number of hydrogen-bond donors (Lipinski definition) is 2. The zero-order valence-electron chi connectivity index (χ0n) is 20.4. The van der Waals surface area contributed by atoms with Gasteiger partial charge in [-0.25, -0.2) is 4.18 Å². The van der Waals surface area contributed by atoms with Crippen molar-refractivity contribution in [3.8, 4) is 11.5 Å². The molecule has 5 nitrogen and oxygen atoms in total. The van der Waals surface area contributed by atoms with Gasteiger partial charge >= 0.3 is 29.6 Å². The molecule has 0 saturated heterocycles. The molecule has 3 aromatic carbocycles. The number of rotatable bonds is 4. The molecule has 1 heterocycles. The summed E-state index contributed by atoms with van der Waals surface area (Å²) in [6.07, 6.45) is 0. The minimum absolute atomic E-state index is 0. The van der Waals surface area contributed by atoms with Crippen LogP contribution in [0.2, 0.25) is 0 Å². The van der Waals surface area contributed by atoms with E-state index in [2.05, 4.69) is 31.9 Å². The van der Waals surface area contributed by atoms with Crippen LogP contribution in [-0.4, -0.2) is 48.2 Å². The number of aromatic hydroxyl groups is 2. The molecule has 0 aliphatic carbocycles. The molecule has 188 valence electrons. The Bertz CT molecular complexity index is 1400. The monoisotopic (exact) mass is 646 g/mol. The third-order valence-corrected chi connectivity index (χ3v) is 9.59. The average Bonchev–Trinajstić information content (AvgIpc) is 3.03. The van der Waals surface area contributed by atoms with E-state index in [1.165, 1.54) is 0 Å². The fourth-order valence-electron chi connectivity index (χ4n) is 5.03. The van der Waals surface area contributed by atoms with E-state index in [9.17, 15) is 18.6 Å². The first kappa shape index (κ1) is 29.7. The van der Waals surface area contributed by atoms with Crippen LogP contribution in [0.5, 0.6) is 11.5 Å². The maximum atomic E-state index is 13.5. The molecule has 0 unspecified atom stereocenters. The molecular weight excluding hydrogens is 619 g/mol. The molecule has 0 radical (unpaired) electrons. The van der Waals surface area contributed by atoms with Crippen molar-refractivity contribution >= 4 is 71.5 Å². The SMILES string of the molecule is Cc1cc(C2(c3cc(C)c(O)c(Br)c3C(C)C)OS(=O)(=O)c3ccccc32)c(C(C)C)c(Br)c1O.[NaH]. The first-order valence-corrected chi connectivity index (χ1v) is 14.3. The summed E-state index contributed by atoms with van der Waals surface area (Å²) in [6.45, 7) is 11.5. The van der Waals surface area contributed by atoms with Gasteiger partial charge in [-0.05, 0) is 109 Å². The summed E-state index contributed by atoms with van der Waals surface area (Å²) < 4.78 is 34.3. The number of aryl methyl sites for hydroxylation is 2. The molecule has 3 aromatic rings. The van der Waals surface area contributed by atoms with Crippen LogP contribution in [0.3, 0.4) is 0 Å². The predicted octanol–water partition coefficient (Wildman–Crippen LogP) is 6.85. The third kappa shape index (κ3) is 4.40. The van der Waals surface area contributed by atoms with E-state index in [0.717, 1.165) is 11.1 Å².